The van der Waals surface area contributed by atoms with E-state index in [2.05, 4.69) is 12.3 Å². The largest absolute Gasteiger partial charge is 0.370 e. The fourth-order valence-electron chi connectivity index (χ4n) is 0.129. The highest BCUT2D eigenvalue weighted by atomic mass is 16.2. The Bertz CT molecular complexity index is 151. The average molecular weight is 158 g/mol. The van der Waals surface area contributed by atoms with E-state index in [-0.39, 0.29) is 11.8 Å². The molecule has 0 unspecified atom stereocenters. The summed E-state index contributed by atoms with van der Waals surface area (Å²) in [5.41, 5.74) is 4.47. The van der Waals surface area contributed by atoms with Crippen LogP contribution in [0.15, 0.2) is 12.8 Å². The highest BCUT2D eigenvalue weighted by molar-refractivity contribution is 5.73. The lowest BCUT2D eigenvalue weighted by atomic mass is 10.6. The SMILES string of the molecule is C=CN(C)C(C)=O.CC(N)=O. The van der Waals surface area contributed by atoms with E-state index < -0.39 is 0 Å². The van der Waals surface area contributed by atoms with Crippen molar-refractivity contribution in [1.82, 2.24) is 4.90 Å². The first kappa shape index (κ1) is 12.4. The fraction of sp³-hybridized carbons (Fsp3) is 0.429. The Morgan fingerprint density at radius 2 is 1.73 bits per heavy atom. The van der Waals surface area contributed by atoms with Crippen LogP contribution < -0.4 is 5.73 Å². The predicted molar refractivity (Wildman–Crippen MR) is 43.5 cm³/mol. The van der Waals surface area contributed by atoms with E-state index in [4.69, 9.17) is 0 Å². The molecule has 0 bridgehead atoms. The molecule has 11 heavy (non-hydrogen) atoms. The molecule has 0 heterocycles. The number of rotatable bonds is 1. The maximum Gasteiger partial charge on any atom is 0.223 e. The molecule has 0 aliphatic heterocycles. The average Bonchev–Trinajstić information content (AvgIpc) is 1.85. The Morgan fingerprint density at radius 1 is 1.45 bits per heavy atom. The molecule has 0 aromatic carbocycles. The molecular formula is C7H14N2O2. The summed E-state index contributed by atoms with van der Waals surface area (Å²) in [5.74, 6) is -0.324. The van der Waals surface area contributed by atoms with E-state index in [9.17, 15) is 9.59 Å². The van der Waals surface area contributed by atoms with Gasteiger partial charge in [-0.1, -0.05) is 6.58 Å². The molecule has 0 aromatic heterocycles. The summed E-state index contributed by atoms with van der Waals surface area (Å²) in [6.07, 6.45) is 1.47. The number of hydrogen-bond acceptors (Lipinski definition) is 2. The molecule has 0 atom stereocenters. The Kier molecular flexibility index (Phi) is 7.64. The highest BCUT2D eigenvalue weighted by Gasteiger charge is 1.90. The van der Waals surface area contributed by atoms with Gasteiger partial charge in [0.2, 0.25) is 11.8 Å². The van der Waals surface area contributed by atoms with Crippen molar-refractivity contribution < 1.29 is 9.59 Å². The van der Waals surface area contributed by atoms with Gasteiger partial charge in [-0.15, -0.1) is 0 Å². The zero-order chi connectivity index (χ0) is 9.44. The third kappa shape index (κ3) is 17.7. The van der Waals surface area contributed by atoms with E-state index in [0.717, 1.165) is 0 Å². The second-order valence-corrected chi connectivity index (χ2v) is 1.92. The van der Waals surface area contributed by atoms with E-state index in [1.165, 1.54) is 24.9 Å². The molecule has 0 aliphatic rings. The van der Waals surface area contributed by atoms with Crippen molar-refractivity contribution in [2.45, 2.75) is 13.8 Å². The van der Waals surface area contributed by atoms with Gasteiger partial charge in [0.15, 0.2) is 0 Å². The third-order valence-electron chi connectivity index (χ3n) is 0.771. The number of hydrogen-bond donors (Lipinski definition) is 1. The normalized spacial score (nSPS) is 7.18. The quantitative estimate of drug-likeness (QED) is 0.588. The first-order chi connectivity index (χ1) is 4.91. The van der Waals surface area contributed by atoms with Gasteiger partial charge in [0.25, 0.3) is 0 Å². The molecule has 0 aromatic rings. The molecule has 0 rings (SSSR count). The smallest absolute Gasteiger partial charge is 0.223 e. The minimum absolute atomic E-state index is 0.00926. The summed E-state index contributed by atoms with van der Waals surface area (Å²) >= 11 is 0. The zero-order valence-corrected chi connectivity index (χ0v) is 7.13. The highest BCUT2D eigenvalue weighted by Crippen LogP contribution is 1.79. The van der Waals surface area contributed by atoms with Crippen LogP contribution in [-0.2, 0) is 9.59 Å². The van der Waals surface area contributed by atoms with E-state index in [0.29, 0.717) is 0 Å². The molecule has 0 radical (unpaired) electrons. The summed E-state index contributed by atoms with van der Waals surface area (Å²) in [6, 6.07) is 0. The van der Waals surface area contributed by atoms with Gasteiger partial charge in [0, 0.05) is 20.9 Å². The van der Waals surface area contributed by atoms with Crippen molar-refractivity contribution in [3.63, 3.8) is 0 Å². The van der Waals surface area contributed by atoms with Gasteiger partial charge in [0.05, 0.1) is 0 Å². The van der Waals surface area contributed by atoms with Crippen LogP contribution in [-0.4, -0.2) is 23.8 Å². The number of primary amides is 1. The molecule has 64 valence electrons. The lowest BCUT2D eigenvalue weighted by Crippen LogP contribution is -2.15. The van der Waals surface area contributed by atoms with Crippen LogP contribution in [0.2, 0.25) is 0 Å². The molecule has 4 heteroatoms. The van der Waals surface area contributed by atoms with Crippen molar-refractivity contribution in [2.75, 3.05) is 7.05 Å². The molecule has 0 fully saturated rings. The summed E-state index contributed by atoms with van der Waals surface area (Å²) in [6.45, 7) is 6.18. The van der Waals surface area contributed by atoms with E-state index in [1.807, 2.05) is 0 Å². The Morgan fingerprint density at radius 3 is 1.73 bits per heavy atom. The van der Waals surface area contributed by atoms with Gasteiger partial charge in [-0.25, -0.2) is 0 Å². The number of nitrogens with zero attached hydrogens (tertiary/aromatic N) is 1. The molecule has 4 nitrogen and oxygen atoms in total. The topological polar surface area (TPSA) is 63.4 Å². The number of carbonyl (C=O) groups excluding carboxylic acids is 2. The summed E-state index contributed by atoms with van der Waals surface area (Å²) in [4.78, 5) is 20.9. The zero-order valence-electron chi connectivity index (χ0n) is 7.13. The second-order valence-electron chi connectivity index (χ2n) is 1.92. The van der Waals surface area contributed by atoms with Crippen LogP contribution in [0, 0.1) is 0 Å². The minimum atomic E-state index is -0.333. The van der Waals surface area contributed by atoms with Crippen LogP contribution >= 0.6 is 0 Å². The standard InChI is InChI=1S/C5H9NO.C2H5NO/c1-4-6(3)5(2)7;1-2(3)4/h4H,1H2,2-3H3;1H3,(H2,3,4). The van der Waals surface area contributed by atoms with Gasteiger partial charge in [0.1, 0.15) is 0 Å². The second kappa shape index (κ2) is 6.80. The summed E-state index contributed by atoms with van der Waals surface area (Å²) in [5, 5.41) is 0. The number of carbonyl (C=O) groups is 2. The lowest BCUT2D eigenvalue weighted by Gasteiger charge is -2.04. The first-order valence-electron chi connectivity index (χ1n) is 3.03. The van der Waals surface area contributed by atoms with Gasteiger partial charge >= 0.3 is 0 Å². The lowest BCUT2D eigenvalue weighted by molar-refractivity contribution is -0.125. The maximum atomic E-state index is 10.2. The van der Waals surface area contributed by atoms with Gasteiger partial charge in [-0.2, -0.15) is 0 Å². The molecule has 0 spiro atoms. The van der Waals surface area contributed by atoms with Crippen molar-refractivity contribution in [1.29, 1.82) is 0 Å². The molecule has 0 saturated heterocycles. The third-order valence-corrected chi connectivity index (χ3v) is 0.771. The van der Waals surface area contributed by atoms with Crippen LogP contribution in [0.3, 0.4) is 0 Å². The Hall–Kier alpha value is -1.32. The number of amides is 2. The van der Waals surface area contributed by atoms with Crippen LogP contribution in [0.1, 0.15) is 13.8 Å². The van der Waals surface area contributed by atoms with Crippen molar-refractivity contribution >= 4 is 11.8 Å². The van der Waals surface area contributed by atoms with E-state index in [1.54, 1.807) is 7.05 Å². The van der Waals surface area contributed by atoms with Crippen LogP contribution in [0.25, 0.3) is 0 Å². The Labute approximate surface area is 66.7 Å². The summed E-state index contributed by atoms with van der Waals surface area (Å²) < 4.78 is 0. The van der Waals surface area contributed by atoms with E-state index >= 15 is 0 Å². The minimum Gasteiger partial charge on any atom is -0.370 e. The molecular weight excluding hydrogens is 144 g/mol. The number of nitrogens with two attached hydrogens (primary N) is 1. The van der Waals surface area contributed by atoms with Gasteiger partial charge in [-0.05, 0) is 6.20 Å². The molecule has 0 saturated carbocycles. The van der Waals surface area contributed by atoms with Crippen molar-refractivity contribution in [3.8, 4) is 0 Å². The predicted octanol–water partition coefficient (Wildman–Crippen LogP) is 0.0998. The van der Waals surface area contributed by atoms with Crippen LogP contribution in [0.5, 0.6) is 0 Å². The Balaban J connectivity index is 0. The monoisotopic (exact) mass is 158 g/mol. The summed E-state index contributed by atoms with van der Waals surface area (Å²) in [7, 11) is 1.66. The first-order valence-corrected chi connectivity index (χ1v) is 3.03. The maximum absolute atomic E-state index is 10.2. The van der Waals surface area contributed by atoms with Crippen molar-refractivity contribution in [3.05, 3.63) is 12.8 Å². The van der Waals surface area contributed by atoms with Gasteiger partial charge < -0.3 is 10.6 Å². The fourth-order valence-corrected chi connectivity index (χ4v) is 0.129. The molecule has 2 amide bonds. The molecule has 0 aliphatic carbocycles. The molecule has 2 N–H and O–H groups in total. The van der Waals surface area contributed by atoms with Crippen LogP contribution in [0.4, 0.5) is 0 Å². The van der Waals surface area contributed by atoms with Gasteiger partial charge in [-0.3, -0.25) is 9.59 Å². The van der Waals surface area contributed by atoms with Crippen molar-refractivity contribution in [2.24, 2.45) is 5.73 Å².